The van der Waals surface area contributed by atoms with Crippen molar-refractivity contribution in [3.05, 3.63) is 0 Å². The van der Waals surface area contributed by atoms with Crippen molar-refractivity contribution in [3.8, 4) is 0 Å². The lowest BCUT2D eigenvalue weighted by molar-refractivity contribution is -0.170. The normalized spacial score (nSPS) is 30.8. The Hall–Kier alpha value is -1.14. The minimum absolute atomic E-state index is 0.0490. The Morgan fingerprint density at radius 3 is 2.04 bits per heavy atom. The van der Waals surface area contributed by atoms with Gasteiger partial charge >= 0.3 is 11.9 Å². The minimum atomic E-state index is -0.673. The van der Waals surface area contributed by atoms with E-state index < -0.39 is 11.2 Å². The predicted octanol–water partition coefficient (Wildman–Crippen LogP) is 3.08. The van der Waals surface area contributed by atoms with Gasteiger partial charge in [0, 0.05) is 18.3 Å². The molecule has 2 fully saturated rings. The van der Waals surface area contributed by atoms with Crippen molar-refractivity contribution in [2.24, 2.45) is 17.3 Å². The third-order valence-corrected chi connectivity index (χ3v) is 4.65. The fourth-order valence-corrected chi connectivity index (χ4v) is 3.40. The quantitative estimate of drug-likeness (QED) is 0.681. The van der Waals surface area contributed by atoms with Crippen LogP contribution in [-0.2, 0) is 28.5 Å². The highest BCUT2D eigenvalue weighted by Crippen LogP contribution is 2.45. The second kappa shape index (κ2) is 7.62. The molecule has 1 saturated carbocycles. The van der Waals surface area contributed by atoms with Gasteiger partial charge in [0.25, 0.3) is 0 Å². The summed E-state index contributed by atoms with van der Waals surface area (Å²) >= 11 is 0. The second-order valence-corrected chi connectivity index (χ2v) is 8.60. The Balaban J connectivity index is 1.97. The van der Waals surface area contributed by atoms with Crippen LogP contribution in [0.1, 0.15) is 60.8 Å². The molecule has 0 unspecified atom stereocenters. The molecule has 0 aromatic carbocycles. The van der Waals surface area contributed by atoms with E-state index in [-0.39, 0.29) is 36.0 Å². The number of carbonyl (C=O) groups is 2. The van der Waals surface area contributed by atoms with E-state index in [1.54, 1.807) is 0 Å². The van der Waals surface area contributed by atoms with Crippen molar-refractivity contribution < 1.29 is 28.5 Å². The highest BCUT2D eigenvalue weighted by atomic mass is 16.8. The molecular weight excluding hydrogens is 324 g/mol. The Labute approximate surface area is 150 Å². The number of ether oxygens (including phenoxy) is 4. The van der Waals surface area contributed by atoms with E-state index in [1.165, 1.54) is 0 Å². The summed E-state index contributed by atoms with van der Waals surface area (Å²) in [5.41, 5.74) is -0.528. The molecule has 0 bridgehead atoms. The largest absolute Gasteiger partial charge is 0.465 e. The van der Waals surface area contributed by atoms with Crippen molar-refractivity contribution >= 4 is 11.9 Å². The van der Waals surface area contributed by atoms with Crippen LogP contribution in [-0.4, -0.2) is 43.1 Å². The van der Waals surface area contributed by atoms with E-state index >= 15 is 0 Å². The molecule has 0 aromatic rings. The number of fused-ring (bicyclic) bond motifs is 1. The van der Waals surface area contributed by atoms with Gasteiger partial charge in [-0.1, -0.05) is 6.92 Å². The van der Waals surface area contributed by atoms with Crippen LogP contribution in [0.5, 0.6) is 0 Å². The molecule has 6 heteroatoms. The van der Waals surface area contributed by atoms with Gasteiger partial charge in [-0.3, -0.25) is 9.59 Å². The number of hydrogen-bond donors (Lipinski definition) is 0. The van der Waals surface area contributed by atoms with Crippen molar-refractivity contribution in [2.45, 2.75) is 78.8 Å². The van der Waals surface area contributed by atoms with Crippen LogP contribution in [0.4, 0.5) is 0 Å². The SMILES string of the molecule is CCCC(=O)OC[C@@H]1C[C@H](COC(=O)C(C)(C)C)[C@H]2OC(C)(C)O[C@@H]12. The first-order chi connectivity index (χ1) is 11.5. The van der Waals surface area contributed by atoms with E-state index in [0.717, 1.165) is 12.8 Å². The number of esters is 2. The Bertz CT molecular complexity index is 493. The molecule has 4 atom stereocenters. The molecule has 2 aliphatic rings. The first kappa shape index (κ1) is 20.2. The molecule has 0 amide bonds. The molecule has 0 N–H and O–H groups in total. The van der Waals surface area contributed by atoms with Crippen LogP contribution >= 0.6 is 0 Å². The maximum absolute atomic E-state index is 12.0. The summed E-state index contributed by atoms with van der Waals surface area (Å²) < 4.78 is 22.9. The molecule has 25 heavy (non-hydrogen) atoms. The first-order valence-corrected chi connectivity index (χ1v) is 9.22. The molecule has 1 aliphatic carbocycles. The van der Waals surface area contributed by atoms with E-state index in [1.807, 2.05) is 41.5 Å². The van der Waals surface area contributed by atoms with Crippen LogP contribution in [0.15, 0.2) is 0 Å². The lowest BCUT2D eigenvalue weighted by atomic mass is 9.97. The summed E-state index contributed by atoms with van der Waals surface area (Å²) in [5, 5.41) is 0. The molecule has 0 aromatic heterocycles. The lowest BCUT2D eigenvalue weighted by Gasteiger charge is -2.24. The fourth-order valence-electron chi connectivity index (χ4n) is 3.40. The smallest absolute Gasteiger partial charge is 0.311 e. The van der Waals surface area contributed by atoms with Crippen molar-refractivity contribution in [1.29, 1.82) is 0 Å². The average molecular weight is 356 g/mol. The van der Waals surface area contributed by atoms with E-state index in [0.29, 0.717) is 19.6 Å². The third-order valence-electron chi connectivity index (χ3n) is 4.65. The highest BCUT2D eigenvalue weighted by Gasteiger charge is 2.54. The molecule has 0 spiro atoms. The molecule has 1 saturated heterocycles. The highest BCUT2D eigenvalue weighted by molar-refractivity contribution is 5.75. The summed E-state index contributed by atoms with van der Waals surface area (Å²) in [6.45, 7) is 11.8. The van der Waals surface area contributed by atoms with Crippen molar-refractivity contribution in [3.63, 3.8) is 0 Å². The standard InChI is InChI=1S/C19H32O6/c1-7-8-14(20)22-10-12-9-13(11-23-17(21)18(2,3)4)16-15(12)24-19(5,6)25-16/h12-13,15-16H,7-11H2,1-6H3/t12-,13+,15-,16+/m0/s1. The van der Waals surface area contributed by atoms with Crippen LogP contribution in [0, 0.1) is 17.3 Å². The van der Waals surface area contributed by atoms with E-state index in [9.17, 15) is 9.59 Å². The van der Waals surface area contributed by atoms with Gasteiger partial charge in [0.1, 0.15) is 0 Å². The van der Waals surface area contributed by atoms with Gasteiger partial charge in [-0.05, 0) is 47.5 Å². The third kappa shape index (κ3) is 5.17. The molecule has 2 rings (SSSR count). The number of hydrogen-bond acceptors (Lipinski definition) is 6. The molecule has 1 heterocycles. The molecule has 0 radical (unpaired) electrons. The van der Waals surface area contributed by atoms with Gasteiger partial charge < -0.3 is 18.9 Å². The summed E-state index contributed by atoms with van der Waals surface area (Å²) in [7, 11) is 0. The van der Waals surface area contributed by atoms with Crippen LogP contribution in [0.25, 0.3) is 0 Å². The summed E-state index contributed by atoms with van der Waals surface area (Å²) in [6, 6.07) is 0. The maximum Gasteiger partial charge on any atom is 0.311 e. The van der Waals surface area contributed by atoms with Gasteiger partial charge in [-0.15, -0.1) is 0 Å². The van der Waals surface area contributed by atoms with Gasteiger partial charge in [0.15, 0.2) is 5.79 Å². The van der Waals surface area contributed by atoms with Crippen molar-refractivity contribution in [1.82, 2.24) is 0 Å². The van der Waals surface area contributed by atoms with Gasteiger partial charge in [-0.25, -0.2) is 0 Å². The van der Waals surface area contributed by atoms with Crippen molar-refractivity contribution in [2.75, 3.05) is 13.2 Å². The Morgan fingerprint density at radius 2 is 1.56 bits per heavy atom. The monoisotopic (exact) mass is 356 g/mol. The minimum Gasteiger partial charge on any atom is -0.465 e. The Morgan fingerprint density at radius 1 is 1.04 bits per heavy atom. The van der Waals surface area contributed by atoms with Crippen LogP contribution < -0.4 is 0 Å². The summed E-state index contributed by atoms with van der Waals surface area (Å²) in [4.78, 5) is 23.7. The Kier molecular flexibility index (Phi) is 6.15. The summed E-state index contributed by atoms with van der Waals surface area (Å²) in [6.07, 6.45) is 1.67. The van der Waals surface area contributed by atoms with Crippen LogP contribution in [0.2, 0.25) is 0 Å². The van der Waals surface area contributed by atoms with E-state index in [2.05, 4.69) is 0 Å². The maximum atomic E-state index is 12.0. The zero-order valence-electron chi connectivity index (χ0n) is 16.3. The summed E-state index contributed by atoms with van der Waals surface area (Å²) in [5.74, 6) is -0.966. The van der Waals surface area contributed by atoms with Gasteiger partial charge in [0.2, 0.25) is 0 Å². The lowest BCUT2D eigenvalue weighted by Crippen LogP contribution is -2.31. The second-order valence-electron chi connectivity index (χ2n) is 8.60. The molecular formula is C19H32O6. The zero-order chi connectivity index (χ0) is 18.8. The zero-order valence-corrected chi connectivity index (χ0v) is 16.3. The fraction of sp³-hybridized carbons (Fsp3) is 0.895. The molecule has 6 nitrogen and oxygen atoms in total. The molecule has 144 valence electrons. The van der Waals surface area contributed by atoms with E-state index in [4.69, 9.17) is 18.9 Å². The van der Waals surface area contributed by atoms with Crippen LogP contribution in [0.3, 0.4) is 0 Å². The number of rotatable bonds is 6. The molecule has 1 aliphatic heterocycles. The predicted molar refractivity (Wildman–Crippen MR) is 91.7 cm³/mol. The topological polar surface area (TPSA) is 71.1 Å². The van der Waals surface area contributed by atoms with Gasteiger partial charge in [0.05, 0.1) is 30.8 Å². The first-order valence-electron chi connectivity index (χ1n) is 9.22. The average Bonchev–Trinajstić information content (AvgIpc) is 2.95. The van der Waals surface area contributed by atoms with Gasteiger partial charge in [-0.2, -0.15) is 0 Å². The number of carbonyl (C=O) groups excluding carboxylic acids is 2.